The second kappa shape index (κ2) is 1.90. The molecule has 0 bridgehead atoms. The first-order chi connectivity index (χ1) is 4.83. The van der Waals surface area contributed by atoms with Gasteiger partial charge >= 0.3 is 0 Å². The molecule has 0 aromatic rings. The summed E-state index contributed by atoms with van der Waals surface area (Å²) in [6, 6.07) is 0. The highest BCUT2D eigenvalue weighted by Crippen LogP contribution is 2.34. The van der Waals surface area contributed by atoms with Crippen LogP contribution < -0.4 is 0 Å². The molecule has 0 amide bonds. The van der Waals surface area contributed by atoms with Crippen LogP contribution in [0.15, 0.2) is 12.2 Å². The van der Waals surface area contributed by atoms with Gasteiger partial charge in [0.25, 0.3) is 0 Å². The lowest BCUT2D eigenvalue weighted by Gasteiger charge is -2.37. The molecule has 3 unspecified atom stereocenters. The van der Waals surface area contributed by atoms with Crippen LogP contribution in [0.3, 0.4) is 0 Å². The minimum Gasteiger partial charge on any atom is -0.394 e. The van der Waals surface area contributed by atoms with Crippen molar-refractivity contribution in [2.24, 2.45) is 5.92 Å². The SMILES string of the molecule is O=C1C=CC2C(CO)OC12. The Bertz CT molecular complexity index is 197. The summed E-state index contributed by atoms with van der Waals surface area (Å²) in [6.45, 7) is 0.0127. The van der Waals surface area contributed by atoms with Crippen molar-refractivity contribution in [3.63, 3.8) is 0 Å². The average Bonchev–Trinajstić information content (AvgIpc) is 2.10. The monoisotopic (exact) mass is 140 g/mol. The fourth-order valence-electron chi connectivity index (χ4n) is 1.42. The first-order valence-electron chi connectivity index (χ1n) is 3.31. The number of aliphatic hydroxyl groups excluding tert-OH is 1. The lowest BCUT2D eigenvalue weighted by atomic mass is 9.93. The second-order valence-electron chi connectivity index (χ2n) is 2.62. The summed E-state index contributed by atoms with van der Waals surface area (Å²) in [5, 5.41) is 8.65. The molecule has 10 heavy (non-hydrogen) atoms. The topological polar surface area (TPSA) is 46.5 Å². The van der Waals surface area contributed by atoms with Crippen molar-refractivity contribution in [1.29, 1.82) is 0 Å². The van der Waals surface area contributed by atoms with Gasteiger partial charge in [-0.2, -0.15) is 0 Å². The van der Waals surface area contributed by atoms with Crippen LogP contribution >= 0.6 is 0 Å². The number of carbonyl (C=O) groups is 1. The third kappa shape index (κ3) is 0.589. The Labute approximate surface area is 58.3 Å². The van der Waals surface area contributed by atoms with Crippen molar-refractivity contribution in [2.45, 2.75) is 12.2 Å². The van der Waals surface area contributed by atoms with E-state index in [-0.39, 0.29) is 30.5 Å². The number of rotatable bonds is 1. The summed E-state index contributed by atoms with van der Waals surface area (Å²) in [4.78, 5) is 10.8. The van der Waals surface area contributed by atoms with E-state index in [0.717, 1.165) is 0 Å². The number of fused-ring (bicyclic) bond motifs is 1. The molecule has 54 valence electrons. The van der Waals surface area contributed by atoms with Crippen LogP contribution in [0.4, 0.5) is 0 Å². The van der Waals surface area contributed by atoms with Crippen molar-refractivity contribution < 1.29 is 14.6 Å². The zero-order chi connectivity index (χ0) is 7.14. The van der Waals surface area contributed by atoms with E-state index in [2.05, 4.69) is 0 Å². The average molecular weight is 140 g/mol. The summed E-state index contributed by atoms with van der Waals surface area (Å²) in [5.74, 6) is 0.187. The Kier molecular flexibility index (Phi) is 1.16. The Hall–Kier alpha value is -0.670. The van der Waals surface area contributed by atoms with Gasteiger partial charge in [0.15, 0.2) is 5.78 Å². The van der Waals surface area contributed by atoms with Crippen LogP contribution in [-0.2, 0) is 9.53 Å². The van der Waals surface area contributed by atoms with E-state index in [4.69, 9.17) is 9.84 Å². The molecule has 0 saturated carbocycles. The van der Waals surface area contributed by atoms with E-state index in [1.165, 1.54) is 6.08 Å². The molecule has 1 aliphatic carbocycles. The highest BCUT2D eigenvalue weighted by molar-refractivity contribution is 5.97. The van der Waals surface area contributed by atoms with E-state index >= 15 is 0 Å². The van der Waals surface area contributed by atoms with Gasteiger partial charge in [-0.25, -0.2) is 0 Å². The molecule has 3 nitrogen and oxygen atoms in total. The molecule has 1 N–H and O–H groups in total. The fraction of sp³-hybridized carbons (Fsp3) is 0.571. The zero-order valence-electron chi connectivity index (χ0n) is 5.36. The van der Waals surface area contributed by atoms with Crippen LogP contribution in [0.25, 0.3) is 0 Å². The highest BCUT2D eigenvalue weighted by Gasteiger charge is 2.46. The molecular weight excluding hydrogens is 132 g/mol. The van der Waals surface area contributed by atoms with Crippen LogP contribution in [0.5, 0.6) is 0 Å². The van der Waals surface area contributed by atoms with Gasteiger partial charge < -0.3 is 9.84 Å². The van der Waals surface area contributed by atoms with Crippen molar-refractivity contribution in [3.05, 3.63) is 12.2 Å². The number of ether oxygens (including phenoxy) is 1. The van der Waals surface area contributed by atoms with Crippen LogP contribution in [-0.4, -0.2) is 29.7 Å². The third-order valence-corrected chi connectivity index (χ3v) is 2.04. The molecule has 3 heteroatoms. The van der Waals surface area contributed by atoms with Crippen LogP contribution in [0.2, 0.25) is 0 Å². The summed E-state index contributed by atoms with van der Waals surface area (Å²) >= 11 is 0. The number of hydrogen-bond acceptors (Lipinski definition) is 3. The summed E-state index contributed by atoms with van der Waals surface area (Å²) < 4.78 is 5.06. The van der Waals surface area contributed by atoms with Crippen LogP contribution in [0.1, 0.15) is 0 Å². The van der Waals surface area contributed by atoms with Gasteiger partial charge in [-0.3, -0.25) is 4.79 Å². The van der Waals surface area contributed by atoms with Crippen LogP contribution in [0, 0.1) is 5.92 Å². The molecule has 0 aromatic heterocycles. The Morgan fingerprint density at radius 2 is 2.50 bits per heavy atom. The standard InChI is InChI=1S/C7H8O3/c8-3-6-4-1-2-5(9)7(4)10-6/h1-2,4,6-8H,3H2. The van der Waals surface area contributed by atoms with Gasteiger partial charge in [-0.05, 0) is 6.08 Å². The summed E-state index contributed by atoms with van der Waals surface area (Å²) in [5.41, 5.74) is 0. The lowest BCUT2D eigenvalue weighted by Crippen LogP contribution is -2.50. The molecule has 1 fully saturated rings. The molecule has 3 atom stereocenters. The van der Waals surface area contributed by atoms with E-state index < -0.39 is 0 Å². The maximum absolute atomic E-state index is 10.8. The maximum Gasteiger partial charge on any atom is 0.184 e. The smallest absolute Gasteiger partial charge is 0.184 e. The zero-order valence-corrected chi connectivity index (χ0v) is 5.36. The maximum atomic E-state index is 10.8. The van der Waals surface area contributed by atoms with Gasteiger partial charge in [0.2, 0.25) is 0 Å². The van der Waals surface area contributed by atoms with E-state index in [0.29, 0.717) is 0 Å². The Balaban J connectivity index is 2.08. The molecular formula is C7H8O3. The quantitative estimate of drug-likeness (QED) is 0.534. The van der Waals surface area contributed by atoms with Gasteiger partial charge in [0, 0.05) is 5.92 Å². The van der Waals surface area contributed by atoms with Gasteiger partial charge in [-0.15, -0.1) is 0 Å². The summed E-state index contributed by atoms with van der Waals surface area (Å²) in [7, 11) is 0. The number of hydrogen-bond donors (Lipinski definition) is 1. The number of aliphatic hydroxyl groups is 1. The highest BCUT2D eigenvalue weighted by atomic mass is 16.5. The second-order valence-corrected chi connectivity index (χ2v) is 2.62. The molecule has 0 spiro atoms. The molecule has 1 saturated heterocycles. The predicted molar refractivity (Wildman–Crippen MR) is 33.4 cm³/mol. The van der Waals surface area contributed by atoms with Crippen molar-refractivity contribution in [2.75, 3.05) is 6.61 Å². The van der Waals surface area contributed by atoms with Gasteiger partial charge in [0.1, 0.15) is 6.10 Å². The van der Waals surface area contributed by atoms with E-state index in [1.54, 1.807) is 0 Å². The molecule has 0 aromatic carbocycles. The number of carbonyl (C=O) groups excluding carboxylic acids is 1. The summed E-state index contributed by atoms with van der Waals surface area (Å²) in [6.07, 6.45) is 2.95. The van der Waals surface area contributed by atoms with Gasteiger partial charge in [0.05, 0.1) is 12.7 Å². The normalized spacial score (nSPS) is 43.3. The molecule has 1 aliphatic heterocycles. The predicted octanol–water partition coefficient (Wildman–Crippen LogP) is -0.499. The first kappa shape index (κ1) is 6.07. The largest absolute Gasteiger partial charge is 0.394 e. The van der Waals surface area contributed by atoms with E-state index in [9.17, 15) is 4.79 Å². The minimum atomic E-state index is -0.267. The molecule has 2 rings (SSSR count). The Morgan fingerprint density at radius 3 is 3.10 bits per heavy atom. The van der Waals surface area contributed by atoms with Gasteiger partial charge in [-0.1, -0.05) is 6.08 Å². The minimum absolute atomic E-state index is 0.0127. The van der Waals surface area contributed by atoms with Crippen molar-refractivity contribution in [1.82, 2.24) is 0 Å². The first-order valence-corrected chi connectivity index (χ1v) is 3.31. The number of ketones is 1. The van der Waals surface area contributed by atoms with E-state index in [1.807, 2.05) is 6.08 Å². The molecule has 2 aliphatic rings. The van der Waals surface area contributed by atoms with Crippen molar-refractivity contribution >= 4 is 5.78 Å². The lowest BCUT2D eigenvalue weighted by molar-refractivity contribution is -0.179. The van der Waals surface area contributed by atoms with Crippen molar-refractivity contribution in [3.8, 4) is 0 Å². The Morgan fingerprint density at radius 1 is 1.70 bits per heavy atom. The molecule has 0 radical (unpaired) electrons. The molecule has 1 heterocycles. The fourth-order valence-corrected chi connectivity index (χ4v) is 1.42. The third-order valence-electron chi connectivity index (χ3n) is 2.04.